The molecule has 22 heavy (non-hydrogen) atoms. The van der Waals surface area contributed by atoms with Gasteiger partial charge in [0.15, 0.2) is 0 Å². The maximum atomic E-state index is 3.89. The molecule has 2 atom stereocenters. The minimum atomic E-state index is 0.667. The highest BCUT2D eigenvalue weighted by atomic mass is 15.2. The maximum absolute atomic E-state index is 3.89. The van der Waals surface area contributed by atoms with Gasteiger partial charge < -0.3 is 5.32 Å². The van der Waals surface area contributed by atoms with Gasteiger partial charge in [0.05, 0.1) is 0 Å². The molecule has 1 saturated heterocycles. The lowest BCUT2D eigenvalue weighted by Crippen LogP contribution is -2.60. The van der Waals surface area contributed by atoms with Crippen LogP contribution in [-0.4, -0.2) is 30.1 Å². The van der Waals surface area contributed by atoms with Crippen LogP contribution >= 0.6 is 0 Å². The topological polar surface area (TPSA) is 15.3 Å². The Labute approximate surface area is 136 Å². The van der Waals surface area contributed by atoms with Crippen LogP contribution in [0.5, 0.6) is 0 Å². The summed E-state index contributed by atoms with van der Waals surface area (Å²) in [5.74, 6) is 1.61. The van der Waals surface area contributed by atoms with Gasteiger partial charge in [-0.15, -0.1) is 0 Å². The van der Waals surface area contributed by atoms with Crippen molar-refractivity contribution < 1.29 is 0 Å². The van der Waals surface area contributed by atoms with Gasteiger partial charge in [0, 0.05) is 31.7 Å². The first kappa shape index (κ1) is 16.0. The fourth-order valence-electron chi connectivity index (χ4n) is 4.36. The first-order chi connectivity index (χ1) is 10.7. The monoisotopic (exact) mass is 300 g/mol. The van der Waals surface area contributed by atoms with Gasteiger partial charge >= 0.3 is 0 Å². The Bertz CT molecular complexity index is 436. The number of nitrogens with zero attached hydrogens (tertiary/aromatic N) is 1. The van der Waals surface area contributed by atoms with Crippen LogP contribution in [0.2, 0.25) is 0 Å². The Morgan fingerprint density at radius 2 is 1.82 bits per heavy atom. The summed E-state index contributed by atoms with van der Waals surface area (Å²) in [5, 5.41) is 3.89. The van der Waals surface area contributed by atoms with Crippen molar-refractivity contribution in [1.82, 2.24) is 10.2 Å². The van der Waals surface area contributed by atoms with E-state index in [1.165, 1.54) is 44.2 Å². The van der Waals surface area contributed by atoms with Crippen molar-refractivity contribution in [2.75, 3.05) is 13.1 Å². The van der Waals surface area contributed by atoms with Crippen LogP contribution in [0.1, 0.15) is 51.5 Å². The number of hydrogen-bond acceptors (Lipinski definition) is 2. The van der Waals surface area contributed by atoms with Gasteiger partial charge in [-0.05, 0) is 30.2 Å². The largest absolute Gasteiger partial charge is 0.311 e. The molecule has 2 fully saturated rings. The molecule has 2 heteroatoms. The normalized spacial score (nSPS) is 28.1. The van der Waals surface area contributed by atoms with Gasteiger partial charge in [0.1, 0.15) is 0 Å². The Balaban J connectivity index is 1.67. The summed E-state index contributed by atoms with van der Waals surface area (Å²) in [5.41, 5.74) is 1.46. The first-order valence-electron chi connectivity index (χ1n) is 9.25. The summed E-state index contributed by atoms with van der Waals surface area (Å²) < 4.78 is 0. The maximum Gasteiger partial charge on any atom is 0.0247 e. The zero-order valence-electron chi connectivity index (χ0n) is 14.3. The third-order valence-electron chi connectivity index (χ3n) is 5.71. The summed E-state index contributed by atoms with van der Waals surface area (Å²) in [7, 11) is 0. The molecule has 0 bridgehead atoms. The number of piperazine rings is 1. The van der Waals surface area contributed by atoms with E-state index >= 15 is 0 Å². The fraction of sp³-hybridized carbons (Fsp3) is 0.700. The molecule has 1 aliphatic carbocycles. The van der Waals surface area contributed by atoms with Crippen molar-refractivity contribution in [2.24, 2.45) is 11.8 Å². The molecule has 122 valence electrons. The third-order valence-corrected chi connectivity index (χ3v) is 5.71. The smallest absolute Gasteiger partial charge is 0.0247 e. The van der Waals surface area contributed by atoms with Crippen LogP contribution in [0, 0.1) is 11.8 Å². The predicted molar refractivity (Wildman–Crippen MR) is 93.8 cm³/mol. The molecule has 1 aromatic rings. The summed E-state index contributed by atoms with van der Waals surface area (Å²) in [6, 6.07) is 12.4. The summed E-state index contributed by atoms with van der Waals surface area (Å²) in [4.78, 5) is 2.75. The van der Waals surface area contributed by atoms with E-state index in [9.17, 15) is 0 Å². The lowest BCUT2D eigenvalue weighted by atomic mass is 9.82. The zero-order chi connectivity index (χ0) is 15.4. The van der Waals surface area contributed by atoms with Gasteiger partial charge in [0.25, 0.3) is 0 Å². The third kappa shape index (κ3) is 3.91. The average Bonchev–Trinajstić information content (AvgIpc) is 2.56. The molecule has 1 saturated carbocycles. The van der Waals surface area contributed by atoms with E-state index in [-0.39, 0.29) is 0 Å². The van der Waals surface area contributed by atoms with Crippen LogP contribution < -0.4 is 5.32 Å². The highest BCUT2D eigenvalue weighted by molar-refractivity contribution is 5.15. The van der Waals surface area contributed by atoms with Crippen molar-refractivity contribution in [2.45, 2.75) is 64.6 Å². The summed E-state index contributed by atoms with van der Waals surface area (Å²) in [6.07, 6.45) is 7.20. The molecule has 3 rings (SSSR count). The van der Waals surface area contributed by atoms with E-state index in [4.69, 9.17) is 0 Å². The Morgan fingerprint density at radius 3 is 2.50 bits per heavy atom. The molecule has 0 amide bonds. The quantitative estimate of drug-likeness (QED) is 0.902. The van der Waals surface area contributed by atoms with E-state index in [0.29, 0.717) is 18.0 Å². The second-order valence-electron chi connectivity index (χ2n) is 7.64. The average molecular weight is 300 g/mol. The second-order valence-corrected chi connectivity index (χ2v) is 7.64. The van der Waals surface area contributed by atoms with Crippen LogP contribution in [0.25, 0.3) is 0 Å². The number of nitrogens with one attached hydrogen (secondary N) is 1. The molecule has 2 nitrogen and oxygen atoms in total. The molecule has 0 radical (unpaired) electrons. The van der Waals surface area contributed by atoms with Crippen molar-refractivity contribution >= 4 is 0 Å². The fourth-order valence-corrected chi connectivity index (χ4v) is 4.36. The van der Waals surface area contributed by atoms with Crippen molar-refractivity contribution in [3.63, 3.8) is 0 Å². The molecule has 0 spiro atoms. The molecule has 0 aromatic heterocycles. The molecule has 1 aromatic carbocycles. The lowest BCUT2D eigenvalue weighted by Gasteiger charge is -2.45. The molecular weight excluding hydrogens is 268 g/mol. The highest BCUT2D eigenvalue weighted by Crippen LogP contribution is 2.29. The van der Waals surface area contributed by atoms with Crippen molar-refractivity contribution in [1.29, 1.82) is 0 Å². The minimum absolute atomic E-state index is 0.667. The minimum Gasteiger partial charge on any atom is -0.311 e. The van der Waals surface area contributed by atoms with Gasteiger partial charge in [-0.1, -0.05) is 63.4 Å². The predicted octanol–water partition coefficient (Wildman–Crippen LogP) is 4.07. The lowest BCUT2D eigenvalue weighted by molar-refractivity contribution is 0.0659. The van der Waals surface area contributed by atoms with Gasteiger partial charge in [-0.3, -0.25) is 4.90 Å². The van der Waals surface area contributed by atoms with Crippen LogP contribution in [0.15, 0.2) is 30.3 Å². The Hall–Kier alpha value is -0.860. The van der Waals surface area contributed by atoms with Gasteiger partial charge in [-0.2, -0.15) is 0 Å². The molecule has 1 N–H and O–H groups in total. The van der Waals surface area contributed by atoms with E-state index in [1.54, 1.807) is 0 Å². The van der Waals surface area contributed by atoms with E-state index in [1.807, 2.05) is 0 Å². The van der Waals surface area contributed by atoms with Crippen LogP contribution in [0.3, 0.4) is 0 Å². The molecule has 1 heterocycles. The number of hydrogen-bond donors (Lipinski definition) is 1. The van der Waals surface area contributed by atoms with Gasteiger partial charge in [0.2, 0.25) is 0 Å². The molecule has 2 unspecified atom stereocenters. The summed E-state index contributed by atoms with van der Waals surface area (Å²) >= 11 is 0. The first-order valence-corrected chi connectivity index (χ1v) is 9.25. The van der Waals surface area contributed by atoms with Crippen LogP contribution in [-0.2, 0) is 6.54 Å². The summed E-state index contributed by atoms with van der Waals surface area (Å²) in [6.45, 7) is 8.22. The van der Waals surface area contributed by atoms with Crippen molar-refractivity contribution in [3.05, 3.63) is 35.9 Å². The van der Waals surface area contributed by atoms with E-state index < -0.39 is 0 Å². The highest BCUT2D eigenvalue weighted by Gasteiger charge is 2.33. The zero-order valence-corrected chi connectivity index (χ0v) is 14.3. The SMILES string of the molecule is CC(C)C1CNC(C2CCCCC2)CN1Cc1ccccc1. The molecular formula is C20H32N2. The molecule has 1 aliphatic heterocycles. The van der Waals surface area contributed by atoms with Crippen molar-refractivity contribution in [3.8, 4) is 0 Å². The number of rotatable bonds is 4. The Morgan fingerprint density at radius 1 is 1.09 bits per heavy atom. The van der Waals surface area contributed by atoms with E-state index in [2.05, 4.69) is 54.4 Å². The Kier molecular flexibility index (Phi) is 5.54. The van der Waals surface area contributed by atoms with Gasteiger partial charge in [-0.25, -0.2) is 0 Å². The number of benzene rings is 1. The van der Waals surface area contributed by atoms with E-state index in [0.717, 1.165) is 19.0 Å². The second kappa shape index (κ2) is 7.61. The standard InChI is InChI=1S/C20H32N2/c1-16(2)20-13-21-19(18-11-7-4-8-12-18)15-22(20)14-17-9-5-3-6-10-17/h3,5-6,9-10,16,18-21H,4,7-8,11-15H2,1-2H3. The van der Waals surface area contributed by atoms with Crippen LogP contribution in [0.4, 0.5) is 0 Å². The molecule has 2 aliphatic rings.